The van der Waals surface area contributed by atoms with Gasteiger partial charge in [-0.1, -0.05) is 0 Å². The topological polar surface area (TPSA) is 52.3 Å². The van der Waals surface area contributed by atoms with Crippen LogP contribution in [0.5, 0.6) is 0 Å². The van der Waals surface area contributed by atoms with Gasteiger partial charge in [-0.05, 0) is 20.1 Å². The molecule has 2 N–H and O–H groups in total. The lowest BCUT2D eigenvalue weighted by Crippen LogP contribution is -2.26. The molecule has 3 nitrogen and oxygen atoms in total. The number of thioether (sulfide) groups is 1. The Hall–Kier alpha value is -0.380. The smallest absolute Gasteiger partial charge is 0.404 e. The van der Waals surface area contributed by atoms with Gasteiger partial charge in [-0.2, -0.15) is 11.8 Å². The Balaban J connectivity index is 3.61. The van der Waals surface area contributed by atoms with E-state index in [0.717, 1.165) is 0 Å². The molecule has 1 amide bonds. The van der Waals surface area contributed by atoms with Crippen LogP contribution >= 0.6 is 11.8 Å². The second-order valence-corrected chi connectivity index (χ2v) is 3.30. The van der Waals surface area contributed by atoms with Crippen LogP contribution in [0.1, 0.15) is 13.8 Å². The lowest BCUT2D eigenvalue weighted by molar-refractivity contribution is 0.117. The minimum atomic E-state index is -0.701. The average Bonchev–Trinajstić information content (AvgIpc) is 1.85. The summed E-state index contributed by atoms with van der Waals surface area (Å²) < 4.78 is 4.72. The van der Waals surface area contributed by atoms with E-state index in [1.807, 2.05) is 20.1 Å². The lowest BCUT2D eigenvalue weighted by Gasteiger charge is -2.16. The molecule has 0 radical (unpaired) electrons. The van der Waals surface area contributed by atoms with E-state index in [1.54, 1.807) is 11.8 Å². The fourth-order valence-corrected chi connectivity index (χ4v) is 0.910. The first-order valence-electron chi connectivity index (χ1n) is 3.06. The van der Waals surface area contributed by atoms with Crippen LogP contribution in [0.25, 0.3) is 0 Å². The second-order valence-electron chi connectivity index (χ2n) is 2.08. The minimum Gasteiger partial charge on any atom is -0.446 e. The van der Waals surface area contributed by atoms with Crippen LogP contribution in [0.15, 0.2) is 0 Å². The number of amides is 1. The molecule has 0 heterocycles. The van der Waals surface area contributed by atoms with E-state index in [-0.39, 0.29) is 6.10 Å². The van der Waals surface area contributed by atoms with Gasteiger partial charge in [-0.25, -0.2) is 4.79 Å². The molecule has 2 atom stereocenters. The van der Waals surface area contributed by atoms with Crippen molar-refractivity contribution in [2.75, 3.05) is 6.26 Å². The van der Waals surface area contributed by atoms with Gasteiger partial charge in [-0.15, -0.1) is 0 Å². The van der Waals surface area contributed by atoms with Crippen LogP contribution < -0.4 is 5.73 Å². The normalized spacial score (nSPS) is 15.9. The maximum Gasteiger partial charge on any atom is 0.404 e. The fraction of sp³-hybridized carbons (Fsp3) is 0.833. The molecule has 0 aromatic rings. The van der Waals surface area contributed by atoms with Crippen LogP contribution in [-0.2, 0) is 4.74 Å². The first-order valence-corrected chi connectivity index (χ1v) is 4.35. The number of rotatable bonds is 3. The number of hydrogen-bond acceptors (Lipinski definition) is 3. The highest BCUT2D eigenvalue weighted by molar-refractivity contribution is 7.99. The summed E-state index contributed by atoms with van der Waals surface area (Å²) in [5, 5.41) is 0.299. The molecule has 0 aromatic carbocycles. The van der Waals surface area contributed by atoms with Gasteiger partial charge in [0.2, 0.25) is 0 Å². The van der Waals surface area contributed by atoms with Gasteiger partial charge in [0.15, 0.2) is 0 Å². The summed E-state index contributed by atoms with van der Waals surface area (Å²) in [6.45, 7) is 3.81. The quantitative estimate of drug-likeness (QED) is 0.680. The molecule has 10 heavy (non-hydrogen) atoms. The number of carbonyl (C=O) groups excluding carboxylic acids is 1. The largest absolute Gasteiger partial charge is 0.446 e. The molecule has 0 aromatic heterocycles. The van der Waals surface area contributed by atoms with E-state index < -0.39 is 6.09 Å². The first-order chi connectivity index (χ1) is 4.57. The molecule has 0 spiro atoms. The Morgan fingerprint density at radius 3 is 2.40 bits per heavy atom. The van der Waals surface area contributed by atoms with Crippen LogP contribution in [0.3, 0.4) is 0 Å². The van der Waals surface area contributed by atoms with Crippen molar-refractivity contribution in [1.29, 1.82) is 0 Å². The Morgan fingerprint density at radius 1 is 1.60 bits per heavy atom. The predicted molar refractivity (Wildman–Crippen MR) is 43.1 cm³/mol. The van der Waals surface area contributed by atoms with Crippen LogP contribution in [0, 0.1) is 0 Å². The first kappa shape index (κ1) is 9.62. The van der Waals surface area contributed by atoms with E-state index >= 15 is 0 Å². The highest BCUT2D eigenvalue weighted by Gasteiger charge is 2.12. The molecule has 2 unspecified atom stereocenters. The van der Waals surface area contributed by atoms with E-state index in [0.29, 0.717) is 5.25 Å². The zero-order chi connectivity index (χ0) is 8.15. The fourth-order valence-electron chi connectivity index (χ4n) is 0.471. The van der Waals surface area contributed by atoms with Gasteiger partial charge in [0, 0.05) is 5.25 Å². The van der Waals surface area contributed by atoms with Crippen LogP contribution in [-0.4, -0.2) is 23.7 Å². The van der Waals surface area contributed by atoms with Gasteiger partial charge in [0.25, 0.3) is 0 Å². The molecule has 0 aliphatic rings. The van der Waals surface area contributed by atoms with Crippen molar-refractivity contribution in [1.82, 2.24) is 0 Å². The number of carbonyl (C=O) groups is 1. The Morgan fingerprint density at radius 2 is 2.10 bits per heavy atom. The Labute approximate surface area is 65.3 Å². The molecule has 4 heteroatoms. The van der Waals surface area contributed by atoms with E-state index in [4.69, 9.17) is 10.5 Å². The van der Waals surface area contributed by atoms with Crippen LogP contribution in [0.4, 0.5) is 4.79 Å². The zero-order valence-electron chi connectivity index (χ0n) is 6.46. The van der Waals surface area contributed by atoms with E-state index in [9.17, 15) is 4.79 Å². The van der Waals surface area contributed by atoms with Crippen molar-refractivity contribution in [2.24, 2.45) is 5.73 Å². The molecule has 0 fully saturated rings. The number of ether oxygens (including phenoxy) is 1. The maximum atomic E-state index is 10.2. The molecule has 60 valence electrons. The van der Waals surface area contributed by atoms with Crippen molar-refractivity contribution < 1.29 is 9.53 Å². The summed E-state index contributed by atoms with van der Waals surface area (Å²) >= 11 is 1.64. The van der Waals surface area contributed by atoms with Gasteiger partial charge in [-0.3, -0.25) is 0 Å². The zero-order valence-corrected chi connectivity index (χ0v) is 7.27. The number of nitrogens with two attached hydrogens (primary N) is 1. The van der Waals surface area contributed by atoms with Gasteiger partial charge >= 0.3 is 6.09 Å². The molecular weight excluding hydrogens is 150 g/mol. The number of primary amides is 1. The molecule has 0 bridgehead atoms. The van der Waals surface area contributed by atoms with Gasteiger partial charge < -0.3 is 10.5 Å². The molecule has 0 aliphatic heterocycles. The molecule has 0 aliphatic carbocycles. The monoisotopic (exact) mass is 163 g/mol. The molecule has 0 saturated heterocycles. The molecular formula is C6H13NO2S. The summed E-state index contributed by atoms with van der Waals surface area (Å²) in [6.07, 6.45) is 1.16. The van der Waals surface area contributed by atoms with Gasteiger partial charge in [0.1, 0.15) is 6.10 Å². The van der Waals surface area contributed by atoms with Crippen molar-refractivity contribution in [3.63, 3.8) is 0 Å². The third-order valence-electron chi connectivity index (χ3n) is 1.33. The summed E-state index contributed by atoms with van der Waals surface area (Å²) in [5.41, 5.74) is 4.82. The third-order valence-corrected chi connectivity index (χ3v) is 2.46. The van der Waals surface area contributed by atoms with Crippen LogP contribution in [0.2, 0.25) is 0 Å². The third kappa shape index (κ3) is 3.61. The highest BCUT2D eigenvalue weighted by atomic mass is 32.2. The number of hydrogen-bond donors (Lipinski definition) is 1. The average molecular weight is 163 g/mol. The Bertz CT molecular complexity index is 118. The standard InChI is InChI=1S/C6H13NO2S/c1-4(5(2)10-3)9-6(7)8/h4-5H,1-3H3,(H2,7,8). The van der Waals surface area contributed by atoms with Crippen molar-refractivity contribution in [3.8, 4) is 0 Å². The van der Waals surface area contributed by atoms with E-state index in [1.165, 1.54) is 0 Å². The van der Waals surface area contributed by atoms with Crippen molar-refractivity contribution in [2.45, 2.75) is 25.2 Å². The summed E-state index contributed by atoms with van der Waals surface area (Å²) in [7, 11) is 0. The molecule has 0 saturated carbocycles. The SMILES string of the molecule is CSC(C)C(C)OC(N)=O. The lowest BCUT2D eigenvalue weighted by atomic mass is 10.3. The summed E-state index contributed by atoms with van der Waals surface area (Å²) in [5.74, 6) is 0. The van der Waals surface area contributed by atoms with E-state index in [2.05, 4.69) is 0 Å². The second kappa shape index (κ2) is 4.44. The summed E-state index contributed by atoms with van der Waals surface area (Å²) in [6, 6.07) is 0. The highest BCUT2D eigenvalue weighted by Crippen LogP contribution is 2.12. The van der Waals surface area contributed by atoms with Crippen molar-refractivity contribution in [3.05, 3.63) is 0 Å². The molecule has 0 rings (SSSR count). The maximum absolute atomic E-state index is 10.2. The van der Waals surface area contributed by atoms with Gasteiger partial charge in [0.05, 0.1) is 0 Å². The summed E-state index contributed by atoms with van der Waals surface area (Å²) in [4.78, 5) is 10.2. The predicted octanol–water partition coefficient (Wildman–Crippen LogP) is 1.22. The Kier molecular flexibility index (Phi) is 4.27. The van der Waals surface area contributed by atoms with Crippen molar-refractivity contribution >= 4 is 17.9 Å². The minimum absolute atomic E-state index is 0.104.